The molecule has 0 aliphatic rings. The van der Waals surface area contributed by atoms with Crippen molar-refractivity contribution in [3.8, 4) is 0 Å². The average molecular weight is 327 g/mol. The van der Waals surface area contributed by atoms with Crippen LogP contribution in [0.1, 0.15) is 29.2 Å². The molecule has 1 unspecified atom stereocenters. The second-order valence-corrected chi connectivity index (χ2v) is 5.88. The molecule has 0 aromatic carbocycles. The molecule has 0 amide bonds. The number of nitrogen functional groups attached to an aromatic ring is 1. The highest BCUT2D eigenvalue weighted by molar-refractivity contribution is 9.10. The molecule has 0 bridgehead atoms. The summed E-state index contributed by atoms with van der Waals surface area (Å²) < 4.78 is 0.905. The van der Waals surface area contributed by atoms with Gasteiger partial charge in [0.05, 0.1) is 22.4 Å². The number of anilines is 2. The zero-order valence-electron chi connectivity index (χ0n) is 10.5. The van der Waals surface area contributed by atoms with Gasteiger partial charge in [0.15, 0.2) is 0 Å². The van der Waals surface area contributed by atoms with Crippen molar-refractivity contribution in [1.82, 2.24) is 9.97 Å². The van der Waals surface area contributed by atoms with E-state index in [0.717, 1.165) is 26.6 Å². The molecule has 0 saturated heterocycles. The van der Waals surface area contributed by atoms with Gasteiger partial charge in [-0.25, -0.2) is 9.97 Å². The van der Waals surface area contributed by atoms with Gasteiger partial charge in [0.25, 0.3) is 0 Å². The summed E-state index contributed by atoms with van der Waals surface area (Å²) in [7, 11) is 0. The highest BCUT2D eigenvalue weighted by Crippen LogP contribution is 2.30. The van der Waals surface area contributed by atoms with Crippen LogP contribution in [0.4, 0.5) is 11.5 Å². The molecule has 4 nitrogen and oxygen atoms in total. The molecule has 3 N–H and O–H groups in total. The number of hydrogen-bond acceptors (Lipinski definition) is 5. The van der Waals surface area contributed by atoms with Crippen LogP contribution in [0.25, 0.3) is 0 Å². The molecule has 0 spiro atoms. The predicted octanol–water partition coefficient (Wildman–Crippen LogP) is 3.67. The van der Waals surface area contributed by atoms with E-state index in [1.807, 2.05) is 19.2 Å². The third kappa shape index (κ3) is 2.64. The van der Waals surface area contributed by atoms with Crippen molar-refractivity contribution in [3.63, 3.8) is 0 Å². The Labute approximate surface area is 119 Å². The summed E-state index contributed by atoms with van der Waals surface area (Å²) in [6.45, 7) is 6.02. The highest BCUT2D eigenvalue weighted by Gasteiger charge is 2.13. The van der Waals surface area contributed by atoms with Crippen molar-refractivity contribution < 1.29 is 0 Å². The topological polar surface area (TPSA) is 63.8 Å². The van der Waals surface area contributed by atoms with Crippen molar-refractivity contribution in [3.05, 3.63) is 32.3 Å². The van der Waals surface area contributed by atoms with Crippen LogP contribution >= 0.6 is 27.3 Å². The normalized spacial score (nSPS) is 12.4. The van der Waals surface area contributed by atoms with Crippen molar-refractivity contribution in [2.24, 2.45) is 0 Å². The lowest BCUT2D eigenvalue weighted by Gasteiger charge is -2.15. The summed E-state index contributed by atoms with van der Waals surface area (Å²) in [6.07, 6.45) is 1.67. The Hall–Kier alpha value is -1.14. The lowest BCUT2D eigenvalue weighted by atomic mass is 10.2. The lowest BCUT2D eigenvalue weighted by molar-refractivity contribution is 0.853. The number of thiazole rings is 1. The molecular weight excluding hydrogens is 312 g/mol. The van der Waals surface area contributed by atoms with Crippen molar-refractivity contribution >= 4 is 38.8 Å². The van der Waals surface area contributed by atoms with E-state index in [4.69, 9.17) is 5.73 Å². The third-order valence-electron chi connectivity index (χ3n) is 2.66. The maximum atomic E-state index is 5.80. The Bertz CT molecular complexity index is 567. The number of nitrogens with one attached hydrogen (secondary N) is 1. The number of rotatable bonds is 3. The minimum Gasteiger partial charge on any atom is -0.397 e. The predicted molar refractivity (Wildman–Crippen MR) is 80.0 cm³/mol. The first kappa shape index (κ1) is 13.3. The molecule has 2 aromatic heterocycles. The summed E-state index contributed by atoms with van der Waals surface area (Å²) in [5, 5.41) is 6.44. The van der Waals surface area contributed by atoms with Crippen LogP contribution in [0, 0.1) is 13.8 Å². The molecule has 0 radical (unpaired) electrons. The quantitative estimate of drug-likeness (QED) is 0.903. The average Bonchev–Trinajstić information content (AvgIpc) is 2.77. The second-order valence-electron chi connectivity index (χ2n) is 4.19. The van der Waals surface area contributed by atoms with Gasteiger partial charge in [0.2, 0.25) is 0 Å². The molecule has 2 rings (SSSR count). The van der Waals surface area contributed by atoms with Crippen LogP contribution in [0.15, 0.2) is 16.0 Å². The lowest BCUT2D eigenvalue weighted by Crippen LogP contribution is -2.09. The van der Waals surface area contributed by atoms with Gasteiger partial charge in [-0.1, -0.05) is 0 Å². The largest absolute Gasteiger partial charge is 0.397 e. The fourth-order valence-corrected chi connectivity index (χ4v) is 2.78. The molecule has 0 fully saturated rings. The number of pyridine rings is 1. The smallest absolute Gasteiger partial charge is 0.141 e. The van der Waals surface area contributed by atoms with E-state index in [2.05, 4.69) is 38.1 Å². The highest BCUT2D eigenvalue weighted by atomic mass is 79.9. The maximum Gasteiger partial charge on any atom is 0.141 e. The zero-order valence-corrected chi connectivity index (χ0v) is 12.9. The van der Waals surface area contributed by atoms with Gasteiger partial charge in [-0.2, -0.15) is 0 Å². The van der Waals surface area contributed by atoms with Crippen LogP contribution in [0.3, 0.4) is 0 Å². The number of nitrogens with zero attached hydrogens (tertiary/aromatic N) is 2. The van der Waals surface area contributed by atoms with Crippen molar-refractivity contribution in [2.45, 2.75) is 26.8 Å². The molecule has 0 saturated carbocycles. The summed E-state index contributed by atoms with van der Waals surface area (Å²) in [5.41, 5.74) is 8.53. The Kier molecular flexibility index (Phi) is 3.87. The molecule has 2 aromatic rings. The number of aryl methyl sites for hydroxylation is 1. The SMILES string of the molecule is Cc1csc(C(C)Nc2ncc(N)c(C)c2Br)n1. The van der Waals surface area contributed by atoms with Gasteiger partial charge < -0.3 is 11.1 Å². The monoisotopic (exact) mass is 326 g/mol. The van der Waals surface area contributed by atoms with Crippen molar-refractivity contribution in [1.29, 1.82) is 0 Å². The molecular formula is C12H15BrN4S. The standard InChI is InChI=1S/C12H15BrN4S/c1-6-5-18-12(16-6)8(3)17-11-10(13)7(2)9(14)4-15-11/h4-5,8H,14H2,1-3H3,(H,15,17). The molecule has 96 valence electrons. The fraction of sp³-hybridized carbons (Fsp3) is 0.333. The van der Waals surface area contributed by atoms with Crippen LogP contribution in [0.5, 0.6) is 0 Å². The molecule has 0 aliphatic heterocycles. The van der Waals surface area contributed by atoms with Gasteiger partial charge in [0.1, 0.15) is 10.8 Å². The minimum atomic E-state index is 0.121. The maximum absolute atomic E-state index is 5.80. The van der Waals surface area contributed by atoms with E-state index in [-0.39, 0.29) is 6.04 Å². The first-order valence-corrected chi connectivity index (χ1v) is 7.25. The van der Waals surface area contributed by atoms with Gasteiger partial charge in [-0.3, -0.25) is 0 Å². The number of hydrogen-bond donors (Lipinski definition) is 2. The third-order valence-corrected chi connectivity index (χ3v) is 4.78. The van der Waals surface area contributed by atoms with E-state index in [1.54, 1.807) is 17.5 Å². The van der Waals surface area contributed by atoms with Crippen LogP contribution in [0.2, 0.25) is 0 Å². The fourth-order valence-electron chi connectivity index (χ4n) is 1.53. The van der Waals surface area contributed by atoms with E-state index in [1.165, 1.54) is 0 Å². The molecule has 2 heterocycles. The van der Waals surface area contributed by atoms with Gasteiger partial charge in [-0.15, -0.1) is 11.3 Å². The molecule has 18 heavy (non-hydrogen) atoms. The number of aromatic nitrogens is 2. The zero-order chi connectivity index (χ0) is 13.3. The number of halogens is 1. The van der Waals surface area contributed by atoms with Crippen LogP contribution in [-0.2, 0) is 0 Å². The summed E-state index contributed by atoms with van der Waals surface area (Å²) >= 11 is 5.16. The van der Waals surface area contributed by atoms with Crippen LogP contribution < -0.4 is 11.1 Å². The second kappa shape index (κ2) is 5.24. The van der Waals surface area contributed by atoms with E-state index < -0.39 is 0 Å². The summed E-state index contributed by atoms with van der Waals surface area (Å²) in [5.74, 6) is 0.794. The van der Waals surface area contributed by atoms with E-state index in [0.29, 0.717) is 5.69 Å². The molecule has 1 atom stereocenters. The minimum absolute atomic E-state index is 0.121. The molecule has 6 heteroatoms. The van der Waals surface area contributed by atoms with Gasteiger partial charge in [0, 0.05) is 11.1 Å². The first-order chi connectivity index (χ1) is 8.49. The summed E-state index contributed by atoms with van der Waals surface area (Å²) in [4.78, 5) is 8.77. The van der Waals surface area contributed by atoms with E-state index >= 15 is 0 Å². The molecule has 0 aliphatic carbocycles. The van der Waals surface area contributed by atoms with Gasteiger partial charge >= 0.3 is 0 Å². The Balaban J connectivity index is 2.22. The Morgan fingerprint density at radius 1 is 1.44 bits per heavy atom. The van der Waals surface area contributed by atoms with Gasteiger partial charge in [-0.05, 0) is 42.3 Å². The van der Waals surface area contributed by atoms with Crippen molar-refractivity contribution in [2.75, 3.05) is 11.1 Å². The first-order valence-electron chi connectivity index (χ1n) is 5.58. The Morgan fingerprint density at radius 2 is 2.17 bits per heavy atom. The Morgan fingerprint density at radius 3 is 2.78 bits per heavy atom. The summed E-state index contributed by atoms with van der Waals surface area (Å²) in [6, 6.07) is 0.121. The number of nitrogens with two attached hydrogens (primary N) is 1. The van der Waals surface area contributed by atoms with Crippen LogP contribution in [-0.4, -0.2) is 9.97 Å². The van der Waals surface area contributed by atoms with E-state index in [9.17, 15) is 0 Å².